The zero-order valence-electron chi connectivity index (χ0n) is 23.1. The van der Waals surface area contributed by atoms with Gasteiger partial charge in [0.05, 0.1) is 16.3 Å². The summed E-state index contributed by atoms with van der Waals surface area (Å²) in [5.74, 6) is 6.46. The number of hydrogen-bond acceptors (Lipinski definition) is 6. The Morgan fingerprint density at radius 1 is 1.05 bits per heavy atom. The zero-order chi connectivity index (χ0) is 27.4. The van der Waals surface area contributed by atoms with Crippen LogP contribution in [0.3, 0.4) is 0 Å². The highest BCUT2D eigenvalue weighted by Crippen LogP contribution is 2.39. The van der Waals surface area contributed by atoms with Crippen molar-refractivity contribution in [2.75, 3.05) is 4.90 Å². The van der Waals surface area contributed by atoms with Crippen molar-refractivity contribution in [1.29, 1.82) is 0 Å². The second kappa shape index (κ2) is 11.9. The Balaban J connectivity index is 1.60. The van der Waals surface area contributed by atoms with Crippen LogP contribution >= 0.6 is 11.3 Å². The molecule has 2 aliphatic rings. The molecular weight excluding hydrogens is 498 g/mol. The SMILES string of the molecule is Cc1ccc(O[C@H]2CC[C@@H](N(c3cc(C#CC(C)(C)C)sc3C(=O)O)C(=O)[C@H]3CC[C@H](C)CC3)CC2)nn1. The first-order chi connectivity index (χ1) is 18.0. The molecule has 1 N–H and O–H groups in total. The number of aromatic nitrogens is 2. The lowest BCUT2D eigenvalue weighted by molar-refractivity contribution is -0.124. The fraction of sp³-hybridized carbons (Fsp3) is 0.600. The molecule has 2 fully saturated rings. The Morgan fingerprint density at radius 3 is 2.32 bits per heavy atom. The fourth-order valence-corrected chi connectivity index (χ4v) is 6.11. The van der Waals surface area contributed by atoms with Crippen molar-refractivity contribution in [1.82, 2.24) is 10.2 Å². The molecule has 2 heterocycles. The Morgan fingerprint density at radius 2 is 1.74 bits per heavy atom. The molecule has 0 atom stereocenters. The lowest BCUT2D eigenvalue weighted by Crippen LogP contribution is -2.47. The lowest BCUT2D eigenvalue weighted by atomic mass is 9.81. The van der Waals surface area contributed by atoms with Gasteiger partial charge in [0, 0.05) is 23.4 Å². The summed E-state index contributed by atoms with van der Waals surface area (Å²) in [4.78, 5) is 29.1. The van der Waals surface area contributed by atoms with Crippen LogP contribution in [-0.2, 0) is 4.79 Å². The van der Waals surface area contributed by atoms with Gasteiger partial charge in [-0.2, -0.15) is 5.10 Å². The molecule has 4 rings (SSSR count). The van der Waals surface area contributed by atoms with E-state index < -0.39 is 5.97 Å². The quantitative estimate of drug-likeness (QED) is 0.423. The number of aromatic carboxylic acids is 1. The van der Waals surface area contributed by atoms with Gasteiger partial charge in [-0.15, -0.1) is 16.4 Å². The number of carboxylic acids is 1. The minimum atomic E-state index is -1.01. The summed E-state index contributed by atoms with van der Waals surface area (Å²) in [6.07, 6.45) is 6.73. The fourth-order valence-electron chi connectivity index (χ4n) is 5.26. The first-order valence-electron chi connectivity index (χ1n) is 13.7. The van der Waals surface area contributed by atoms with Crippen molar-refractivity contribution in [3.63, 3.8) is 0 Å². The smallest absolute Gasteiger partial charge is 0.348 e. The number of carboxylic acid groups (broad SMARTS) is 1. The number of thiophene rings is 1. The molecule has 2 saturated carbocycles. The maximum atomic E-state index is 14.1. The largest absolute Gasteiger partial charge is 0.477 e. The molecule has 0 aliphatic heterocycles. The average molecular weight is 538 g/mol. The summed E-state index contributed by atoms with van der Waals surface area (Å²) in [6.45, 7) is 10.2. The Hall–Kier alpha value is -2.92. The van der Waals surface area contributed by atoms with E-state index in [1.54, 1.807) is 0 Å². The molecule has 2 aromatic heterocycles. The van der Waals surface area contributed by atoms with E-state index in [1.165, 1.54) is 0 Å². The third-order valence-corrected chi connectivity index (χ3v) is 8.43. The van der Waals surface area contributed by atoms with E-state index in [-0.39, 0.29) is 34.3 Å². The van der Waals surface area contributed by atoms with Crippen LogP contribution in [-0.4, -0.2) is 39.3 Å². The summed E-state index contributed by atoms with van der Waals surface area (Å²) in [5.41, 5.74) is 1.13. The second-order valence-corrected chi connectivity index (χ2v) is 12.9. The summed E-state index contributed by atoms with van der Waals surface area (Å²) in [7, 11) is 0. The van der Waals surface area contributed by atoms with E-state index in [2.05, 4.69) is 29.0 Å². The van der Waals surface area contributed by atoms with E-state index in [1.807, 2.05) is 50.8 Å². The highest BCUT2D eigenvalue weighted by molar-refractivity contribution is 7.15. The van der Waals surface area contributed by atoms with Crippen LogP contribution in [0, 0.1) is 36.0 Å². The molecular formula is C30H39N3O4S. The van der Waals surface area contributed by atoms with Crippen LogP contribution in [0.1, 0.15) is 99.3 Å². The van der Waals surface area contributed by atoms with Gasteiger partial charge < -0.3 is 14.7 Å². The van der Waals surface area contributed by atoms with Gasteiger partial charge in [-0.1, -0.05) is 18.8 Å². The van der Waals surface area contributed by atoms with Crippen molar-refractivity contribution >= 4 is 28.9 Å². The van der Waals surface area contributed by atoms with Gasteiger partial charge in [0.2, 0.25) is 11.8 Å². The molecule has 0 bridgehead atoms. The number of nitrogens with zero attached hydrogens (tertiary/aromatic N) is 3. The highest BCUT2D eigenvalue weighted by atomic mass is 32.1. The monoisotopic (exact) mass is 537 g/mol. The third-order valence-electron chi connectivity index (χ3n) is 7.40. The van der Waals surface area contributed by atoms with Crippen molar-refractivity contribution < 1.29 is 19.4 Å². The lowest BCUT2D eigenvalue weighted by Gasteiger charge is -2.39. The normalized spacial score (nSPS) is 23.7. The molecule has 0 unspecified atom stereocenters. The summed E-state index contributed by atoms with van der Waals surface area (Å²) in [5, 5.41) is 18.3. The Bertz CT molecular complexity index is 1190. The minimum Gasteiger partial charge on any atom is -0.477 e. The predicted octanol–water partition coefficient (Wildman–Crippen LogP) is 6.49. The Labute approximate surface area is 230 Å². The second-order valence-electron chi connectivity index (χ2n) is 11.9. The van der Waals surface area contributed by atoms with Crippen LogP contribution < -0.4 is 9.64 Å². The number of ether oxygens (including phenoxy) is 1. The van der Waals surface area contributed by atoms with Crippen molar-refractivity contribution in [3.8, 4) is 17.7 Å². The first kappa shape index (κ1) is 28.1. The standard InChI is InChI=1S/C30H39N3O4S/c1-19-6-9-21(10-7-19)28(34)33(25-18-24(16-17-30(3,4)5)38-27(25)29(35)36)22-11-13-23(14-12-22)37-26-15-8-20(2)31-32-26/h8,15,18-19,21-23H,6-7,9-14H2,1-5H3,(H,35,36)/t19-,21-,22-,23+. The van der Waals surface area contributed by atoms with Gasteiger partial charge in [-0.25, -0.2) is 4.79 Å². The Kier molecular flexibility index (Phi) is 8.77. The number of rotatable bonds is 6. The maximum Gasteiger partial charge on any atom is 0.348 e. The van der Waals surface area contributed by atoms with Crippen molar-refractivity contribution in [2.24, 2.45) is 17.3 Å². The van der Waals surface area contributed by atoms with Gasteiger partial charge >= 0.3 is 5.97 Å². The van der Waals surface area contributed by atoms with E-state index in [0.29, 0.717) is 22.4 Å². The topological polar surface area (TPSA) is 92.6 Å². The molecule has 0 radical (unpaired) electrons. The maximum absolute atomic E-state index is 14.1. The molecule has 1 amide bonds. The van der Waals surface area contributed by atoms with Crippen molar-refractivity contribution in [3.05, 3.63) is 33.6 Å². The van der Waals surface area contributed by atoms with E-state index >= 15 is 0 Å². The van der Waals surface area contributed by atoms with Gasteiger partial charge in [-0.05, 0) is 97.1 Å². The minimum absolute atomic E-state index is 0.00892. The summed E-state index contributed by atoms with van der Waals surface area (Å²) >= 11 is 1.16. The van der Waals surface area contributed by atoms with Crippen LogP contribution in [0.4, 0.5) is 5.69 Å². The molecule has 38 heavy (non-hydrogen) atoms. The van der Waals surface area contributed by atoms with Gasteiger partial charge in [0.25, 0.3) is 0 Å². The third kappa shape index (κ3) is 7.13. The van der Waals surface area contributed by atoms with E-state index in [0.717, 1.165) is 68.4 Å². The number of hydrogen-bond donors (Lipinski definition) is 1. The van der Waals surface area contributed by atoms with Crippen LogP contribution in [0.25, 0.3) is 0 Å². The first-order valence-corrected chi connectivity index (χ1v) is 14.5. The number of carbonyl (C=O) groups excluding carboxylic acids is 1. The molecule has 0 saturated heterocycles. The number of amides is 1. The van der Waals surface area contributed by atoms with Crippen molar-refractivity contribution in [2.45, 2.75) is 98.1 Å². The molecule has 2 aliphatic carbocycles. The van der Waals surface area contributed by atoms with Gasteiger partial charge in [-0.3, -0.25) is 4.79 Å². The van der Waals surface area contributed by atoms with E-state index in [4.69, 9.17) is 4.74 Å². The molecule has 204 valence electrons. The van der Waals surface area contributed by atoms with Crippen LogP contribution in [0.15, 0.2) is 18.2 Å². The molecule has 0 spiro atoms. The summed E-state index contributed by atoms with van der Waals surface area (Å²) in [6, 6.07) is 5.45. The van der Waals surface area contributed by atoms with E-state index in [9.17, 15) is 14.7 Å². The van der Waals surface area contributed by atoms with Gasteiger partial charge in [0.1, 0.15) is 11.0 Å². The summed E-state index contributed by atoms with van der Waals surface area (Å²) < 4.78 is 6.08. The zero-order valence-corrected chi connectivity index (χ0v) is 23.9. The molecule has 2 aromatic rings. The molecule has 0 aromatic carbocycles. The molecule has 7 nitrogen and oxygen atoms in total. The predicted molar refractivity (Wildman–Crippen MR) is 150 cm³/mol. The van der Waals surface area contributed by atoms with Crippen LogP contribution in [0.5, 0.6) is 5.88 Å². The highest BCUT2D eigenvalue weighted by Gasteiger charge is 2.38. The van der Waals surface area contributed by atoms with Crippen LogP contribution in [0.2, 0.25) is 0 Å². The number of aryl methyl sites for hydroxylation is 1. The number of carbonyl (C=O) groups is 2. The number of anilines is 1. The molecule has 8 heteroatoms. The average Bonchev–Trinajstić information content (AvgIpc) is 3.30. The van der Waals surface area contributed by atoms with Gasteiger partial charge in [0.15, 0.2) is 0 Å².